The summed E-state index contributed by atoms with van der Waals surface area (Å²) in [5.74, 6) is 0.880. The molecule has 1 aromatic heterocycles. The molecule has 0 aliphatic heterocycles. The summed E-state index contributed by atoms with van der Waals surface area (Å²) in [5, 5.41) is 0. The molecular weight excluding hydrogens is 446 g/mol. The predicted octanol–water partition coefficient (Wildman–Crippen LogP) is 4.78. The topological polar surface area (TPSA) is 69.0 Å². The number of primary amides is 1. The molecule has 1 aliphatic carbocycles. The van der Waals surface area contributed by atoms with Crippen molar-refractivity contribution in [2.45, 2.75) is 44.2 Å². The van der Waals surface area contributed by atoms with Crippen LogP contribution in [-0.2, 0) is 16.8 Å². The minimum atomic E-state index is -0.891. The van der Waals surface area contributed by atoms with Gasteiger partial charge >= 0.3 is 0 Å². The van der Waals surface area contributed by atoms with E-state index in [0.717, 1.165) is 41.8 Å². The fourth-order valence-electron chi connectivity index (χ4n) is 6.07. The number of carbonyl (C=O) groups is 2. The van der Waals surface area contributed by atoms with E-state index in [0.29, 0.717) is 6.54 Å². The second kappa shape index (κ2) is 9.94. The van der Waals surface area contributed by atoms with Gasteiger partial charge in [0.2, 0.25) is 11.7 Å². The van der Waals surface area contributed by atoms with E-state index in [1.165, 1.54) is 0 Å². The van der Waals surface area contributed by atoms with Crippen LogP contribution in [0.3, 0.4) is 0 Å². The monoisotopic (exact) mass is 478 g/mol. The Hall–Kier alpha value is -3.99. The summed E-state index contributed by atoms with van der Waals surface area (Å²) in [5.41, 5.74) is 7.98. The molecular formula is C31H32N3O2+. The van der Waals surface area contributed by atoms with E-state index in [9.17, 15) is 9.59 Å². The average molecular weight is 479 g/mol. The van der Waals surface area contributed by atoms with Gasteiger partial charge in [-0.2, -0.15) is 0 Å². The molecule has 1 amide bonds. The van der Waals surface area contributed by atoms with Gasteiger partial charge in [0, 0.05) is 12.5 Å². The summed E-state index contributed by atoms with van der Waals surface area (Å²) >= 11 is 0. The van der Waals surface area contributed by atoms with Crippen molar-refractivity contribution in [2.75, 3.05) is 0 Å². The van der Waals surface area contributed by atoms with Crippen LogP contribution in [0.2, 0.25) is 0 Å². The van der Waals surface area contributed by atoms with Crippen molar-refractivity contribution >= 4 is 11.7 Å². The number of nitrogens with two attached hydrogens (primary N) is 1. The summed E-state index contributed by atoms with van der Waals surface area (Å²) in [6.45, 7) is 2.36. The van der Waals surface area contributed by atoms with Gasteiger partial charge in [-0.25, -0.2) is 9.13 Å². The number of nitrogens with zero attached hydrogens (tertiary/aromatic N) is 2. The molecule has 36 heavy (non-hydrogen) atoms. The first-order chi connectivity index (χ1) is 17.5. The van der Waals surface area contributed by atoms with Crippen LogP contribution in [0.25, 0.3) is 0 Å². The Morgan fingerprint density at radius 3 is 2.00 bits per heavy atom. The summed E-state index contributed by atoms with van der Waals surface area (Å²) in [6.07, 6.45) is 6.71. The molecule has 182 valence electrons. The summed E-state index contributed by atoms with van der Waals surface area (Å²) in [7, 11) is 0. The van der Waals surface area contributed by atoms with E-state index < -0.39 is 5.41 Å². The van der Waals surface area contributed by atoms with Crippen molar-refractivity contribution in [3.63, 3.8) is 0 Å². The zero-order valence-corrected chi connectivity index (χ0v) is 20.6. The number of imidazole rings is 1. The first-order valence-corrected chi connectivity index (χ1v) is 12.6. The first kappa shape index (κ1) is 23.7. The number of aromatic nitrogens is 2. The molecule has 5 heteroatoms. The van der Waals surface area contributed by atoms with Gasteiger partial charge in [0.15, 0.2) is 6.54 Å². The lowest BCUT2D eigenvalue weighted by atomic mass is 9.64. The maximum absolute atomic E-state index is 13.4. The van der Waals surface area contributed by atoms with E-state index >= 15 is 0 Å². The Morgan fingerprint density at radius 1 is 0.889 bits per heavy atom. The van der Waals surface area contributed by atoms with E-state index in [1.54, 1.807) is 0 Å². The van der Waals surface area contributed by atoms with Crippen LogP contribution in [0.4, 0.5) is 0 Å². The zero-order valence-electron chi connectivity index (χ0n) is 20.6. The van der Waals surface area contributed by atoms with Crippen LogP contribution >= 0.6 is 0 Å². The van der Waals surface area contributed by atoms with Crippen molar-refractivity contribution < 1.29 is 14.2 Å². The first-order valence-electron chi connectivity index (χ1n) is 12.6. The van der Waals surface area contributed by atoms with Gasteiger partial charge in [-0.15, -0.1) is 0 Å². The van der Waals surface area contributed by atoms with Crippen molar-refractivity contribution in [1.82, 2.24) is 4.57 Å². The Labute approximate surface area is 212 Å². The molecule has 0 radical (unpaired) electrons. The SMILES string of the molecule is Cc1n(C2CCC(C(C(N)=O)(c3ccccc3)c3ccccc3)C2)cc[n+]1CC(=O)c1ccccc1. The highest BCUT2D eigenvalue weighted by atomic mass is 16.1. The fraction of sp³-hybridized carbons (Fsp3) is 0.258. The third kappa shape index (κ3) is 4.15. The molecule has 3 aromatic carbocycles. The summed E-state index contributed by atoms with van der Waals surface area (Å²) in [4.78, 5) is 26.1. The van der Waals surface area contributed by atoms with Crippen LogP contribution < -0.4 is 10.3 Å². The van der Waals surface area contributed by atoms with Gasteiger partial charge in [0.05, 0.1) is 0 Å². The van der Waals surface area contributed by atoms with E-state index in [4.69, 9.17) is 5.73 Å². The van der Waals surface area contributed by atoms with Gasteiger partial charge in [-0.05, 0) is 36.3 Å². The third-order valence-corrected chi connectivity index (χ3v) is 7.86. The Kier molecular flexibility index (Phi) is 6.55. The molecule has 1 heterocycles. The smallest absolute Gasteiger partial charge is 0.253 e. The van der Waals surface area contributed by atoms with Gasteiger partial charge < -0.3 is 5.73 Å². The van der Waals surface area contributed by atoms with E-state index in [1.807, 2.05) is 102 Å². The third-order valence-electron chi connectivity index (χ3n) is 7.86. The number of amides is 1. The van der Waals surface area contributed by atoms with Crippen LogP contribution in [0.1, 0.15) is 52.6 Å². The van der Waals surface area contributed by atoms with Crippen molar-refractivity contribution in [2.24, 2.45) is 11.7 Å². The average Bonchev–Trinajstić information content (AvgIpc) is 3.53. The predicted molar refractivity (Wildman–Crippen MR) is 139 cm³/mol. The number of carbonyl (C=O) groups excluding carboxylic acids is 2. The second-order valence-corrected chi connectivity index (χ2v) is 9.74. The van der Waals surface area contributed by atoms with Crippen LogP contribution in [0.15, 0.2) is 103 Å². The Bertz CT molecular complexity index is 1310. The molecule has 0 bridgehead atoms. The molecule has 2 atom stereocenters. The van der Waals surface area contributed by atoms with Crippen LogP contribution in [0, 0.1) is 12.8 Å². The number of Topliss-reactive ketones (excluding diaryl/α,β-unsaturated/α-hetero) is 1. The molecule has 1 saturated carbocycles. The molecule has 1 fully saturated rings. The van der Waals surface area contributed by atoms with Crippen LogP contribution in [0.5, 0.6) is 0 Å². The van der Waals surface area contributed by atoms with Gasteiger partial charge in [0.25, 0.3) is 5.82 Å². The van der Waals surface area contributed by atoms with E-state index in [-0.39, 0.29) is 23.7 Å². The summed E-state index contributed by atoms with van der Waals surface area (Å²) in [6, 6.07) is 29.6. The van der Waals surface area contributed by atoms with Crippen molar-refractivity contribution in [1.29, 1.82) is 0 Å². The standard InChI is InChI=1S/C31H31N3O2/c1-23-33(22-29(35)24-11-5-2-6-12-24)19-20-34(23)28-18-17-27(21-28)31(30(32)36,25-13-7-3-8-14-25)26-15-9-4-10-16-26/h2-16,19-20,27-28H,17-18,21-22H2,1H3,(H-,32,36)/p+1. The number of hydrogen-bond acceptors (Lipinski definition) is 2. The van der Waals surface area contributed by atoms with Gasteiger partial charge in [-0.1, -0.05) is 91.0 Å². The van der Waals surface area contributed by atoms with Gasteiger partial charge in [0.1, 0.15) is 23.9 Å². The van der Waals surface area contributed by atoms with Gasteiger partial charge in [-0.3, -0.25) is 9.59 Å². The highest BCUT2D eigenvalue weighted by Crippen LogP contribution is 2.49. The molecule has 2 N–H and O–H groups in total. The maximum Gasteiger partial charge on any atom is 0.253 e. The fourth-order valence-corrected chi connectivity index (χ4v) is 6.07. The highest BCUT2D eigenvalue weighted by Gasteiger charge is 2.51. The molecule has 0 saturated heterocycles. The highest BCUT2D eigenvalue weighted by molar-refractivity contribution is 5.95. The molecule has 5 nitrogen and oxygen atoms in total. The maximum atomic E-state index is 13.4. The Morgan fingerprint density at radius 2 is 1.44 bits per heavy atom. The molecule has 4 aromatic rings. The minimum Gasteiger partial charge on any atom is -0.369 e. The number of hydrogen-bond donors (Lipinski definition) is 1. The zero-order chi connectivity index (χ0) is 25.1. The van der Waals surface area contributed by atoms with E-state index in [2.05, 4.69) is 17.7 Å². The number of benzene rings is 3. The number of ketones is 1. The normalized spacial score (nSPS) is 17.7. The Balaban J connectivity index is 1.45. The minimum absolute atomic E-state index is 0.0611. The molecule has 1 aliphatic rings. The lowest BCUT2D eigenvalue weighted by Crippen LogP contribution is -2.47. The molecule has 5 rings (SSSR count). The summed E-state index contributed by atoms with van der Waals surface area (Å²) < 4.78 is 4.28. The molecule has 2 unspecified atom stereocenters. The second-order valence-electron chi connectivity index (χ2n) is 9.74. The lowest BCUT2D eigenvalue weighted by molar-refractivity contribution is -0.689. The van der Waals surface area contributed by atoms with Crippen LogP contribution in [-0.4, -0.2) is 16.3 Å². The largest absolute Gasteiger partial charge is 0.369 e. The quantitative estimate of drug-likeness (QED) is 0.293. The lowest BCUT2D eigenvalue weighted by Gasteiger charge is -2.37. The number of rotatable bonds is 8. The van der Waals surface area contributed by atoms with Crippen molar-refractivity contribution in [3.8, 4) is 0 Å². The van der Waals surface area contributed by atoms with Crippen molar-refractivity contribution in [3.05, 3.63) is 126 Å². The molecule has 0 spiro atoms.